The van der Waals surface area contributed by atoms with Crippen molar-refractivity contribution in [1.29, 1.82) is 0 Å². The largest absolute Gasteiger partial charge is 0.477 e. The highest BCUT2D eigenvalue weighted by atomic mass is 16.5. The van der Waals surface area contributed by atoms with Gasteiger partial charge in [0.05, 0.1) is 12.3 Å². The molecule has 5 nitrogen and oxygen atoms in total. The van der Waals surface area contributed by atoms with Crippen molar-refractivity contribution in [1.82, 2.24) is 10.2 Å². The summed E-state index contributed by atoms with van der Waals surface area (Å²) in [5.74, 6) is 0.471. The van der Waals surface area contributed by atoms with Crippen LogP contribution in [0.3, 0.4) is 0 Å². The van der Waals surface area contributed by atoms with Crippen molar-refractivity contribution in [3.8, 4) is 17.1 Å². The summed E-state index contributed by atoms with van der Waals surface area (Å²) in [4.78, 5) is 12.9. The van der Waals surface area contributed by atoms with Crippen molar-refractivity contribution in [2.24, 2.45) is 0 Å². The van der Waals surface area contributed by atoms with Gasteiger partial charge in [0, 0.05) is 29.7 Å². The number of carbonyl (C=O) groups is 1. The van der Waals surface area contributed by atoms with Crippen LogP contribution >= 0.6 is 0 Å². The Balaban J connectivity index is 1.44. The number of hydrogen-bond acceptors (Lipinski definition) is 4. The van der Waals surface area contributed by atoms with E-state index in [1.165, 1.54) is 0 Å². The summed E-state index contributed by atoms with van der Waals surface area (Å²) in [5.41, 5.74) is 4.67. The third-order valence-corrected chi connectivity index (χ3v) is 5.19. The lowest BCUT2D eigenvalue weighted by Gasteiger charge is -2.18. The van der Waals surface area contributed by atoms with Crippen LogP contribution in [0.4, 0.5) is 5.69 Å². The summed E-state index contributed by atoms with van der Waals surface area (Å²) in [6, 6.07) is 31.5. The van der Waals surface area contributed by atoms with Crippen LogP contribution in [0.2, 0.25) is 0 Å². The molecule has 0 fully saturated rings. The SMILES string of the molecule is CCOc1ccc(-c2ccc(NC(=O)CC(c3ccccc3)c3ccccc3)cc2)nn1. The topological polar surface area (TPSA) is 64.1 Å². The fourth-order valence-electron chi connectivity index (χ4n) is 3.62. The minimum absolute atomic E-state index is 0.00389. The number of benzene rings is 3. The van der Waals surface area contributed by atoms with Gasteiger partial charge in [0.1, 0.15) is 0 Å². The van der Waals surface area contributed by atoms with E-state index in [4.69, 9.17) is 4.74 Å². The molecule has 0 aliphatic carbocycles. The van der Waals surface area contributed by atoms with E-state index in [2.05, 4.69) is 39.8 Å². The Morgan fingerprint density at radius 1 is 0.812 bits per heavy atom. The van der Waals surface area contributed by atoms with E-state index in [0.29, 0.717) is 18.9 Å². The molecule has 32 heavy (non-hydrogen) atoms. The average Bonchev–Trinajstić information content (AvgIpc) is 2.85. The average molecular weight is 424 g/mol. The van der Waals surface area contributed by atoms with Crippen LogP contribution in [0.15, 0.2) is 97.1 Å². The van der Waals surface area contributed by atoms with Gasteiger partial charge in [0.15, 0.2) is 0 Å². The number of anilines is 1. The van der Waals surface area contributed by atoms with Gasteiger partial charge >= 0.3 is 0 Å². The third-order valence-electron chi connectivity index (χ3n) is 5.19. The molecule has 4 rings (SSSR count). The highest BCUT2D eigenvalue weighted by Gasteiger charge is 2.18. The molecular formula is C27H25N3O2. The first-order valence-corrected chi connectivity index (χ1v) is 10.7. The zero-order valence-corrected chi connectivity index (χ0v) is 17.9. The summed E-state index contributed by atoms with van der Waals surface area (Å²) < 4.78 is 5.33. The molecule has 3 aromatic carbocycles. The van der Waals surface area contributed by atoms with E-state index in [1.807, 2.05) is 73.7 Å². The van der Waals surface area contributed by atoms with Crippen LogP contribution in [0.1, 0.15) is 30.4 Å². The predicted octanol–water partition coefficient (Wildman–Crippen LogP) is 5.70. The summed E-state index contributed by atoms with van der Waals surface area (Å²) in [5, 5.41) is 11.3. The fourth-order valence-corrected chi connectivity index (χ4v) is 3.62. The predicted molar refractivity (Wildman–Crippen MR) is 127 cm³/mol. The van der Waals surface area contributed by atoms with Crippen molar-refractivity contribution >= 4 is 11.6 Å². The zero-order valence-electron chi connectivity index (χ0n) is 17.9. The Kier molecular flexibility index (Phi) is 6.88. The van der Waals surface area contributed by atoms with Crippen molar-refractivity contribution in [2.75, 3.05) is 11.9 Å². The second-order valence-electron chi connectivity index (χ2n) is 7.39. The Morgan fingerprint density at radius 2 is 1.44 bits per heavy atom. The number of nitrogens with one attached hydrogen (secondary N) is 1. The molecule has 1 amide bonds. The molecule has 0 bridgehead atoms. The maximum absolute atomic E-state index is 12.9. The highest BCUT2D eigenvalue weighted by Crippen LogP contribution is 2.28. The van der Waals surface area contributed by atoms with Crippen LogP contribution in [0, 0.1) is 0 Å². The standard InChI is InChI=1S/C27H25N3O2/c1-2-32-27-18-17-25(29-30-27)22-13-15-23(16-14-22)28-26(31)19-24(20-9-5-3-6-10-20)21-11-7-4-8-12-21/h3-18,24H,2,19H2,1H3,(H,28,31). The smallest absolute Gasteiger partial charge is 0.233 e. The van der Waals surface area contributed by atoms with Gasteiger partial charge in [-0.05, 0) is 36.2 Å². The van der Waals surface area contributed by atoms with Gasteiger partial charge in [0.2, 0.25) is 11.8 Å². The molecule has 0 aliphatic rings. The molecule has 0 atom stereocenters. The normalized spacial score (nSPS) is 10.7. The molecule has 0 unspecified atom stereocenters. The molecule has 4 aromatic rings. The van der Waals surface area contributed by atoms with Gasteiger partial charge in [-0.25, -0.2) is 0 Å². The van der Waals surface area contributed by atoms with Gasteiger partial charge in [0.25, 0.3) is 0 Å². The Bertz CT molecular complexity index is 1090. The van der Waals surface area contributed by atoms with E-state index < -0.39 is 0 Å². The Morgan fingerprint density at radius 3 is 1.97 bits per heavy atom. The molecule has 0 saturated heterocycles. The van der Waals surface area contributed by atoms with Gasteiger partial charge in [-0.3, -0.25) is 4.79 Å². The van der Waals surface area contributed by atoms with Crippen LogP contribution in [0.5, 0.6) is 5.88 Å². The molecule has 0 spiro atoms. The monoisotopic (exact) mass is 423 g/mol. The van der Waals surface area contributed by atoms with E-state index in [1.54, 1.807) is 6.07 Å². The van der Waals surface area contributed by atoms with Crippen LogP contribution in [0.25, 0.3) is 11.3 Å². The quantitative estimate of drug-likeness (QED) is 0.395. The van der Waals surface area contributed by atoms with Gasteiger partial charge in [-0.15, -0.1) is 10.2 Å². The van der Waals surface area contributed by atoms with Crippen LogP contribution in [-0.4, -0.2) is 22.7 Å². The lowest BCUT2D eigenvalue weighted by molar-refractivity contribution is -0.116. The molecule has 0 saturated carbocycles. The maximum atomic E-state index is 12.9. The number of aromatic nitrogens is 2. The number of amides is 1. The number of ether oxygens (including phenoxy) is 1. The van der Waals surface area contributed by atoms with Crippen molar-refractivity contribution < 1.29 is 9.53 Å². The van der Waals surface area contributed by atoms with Crippen LogP contribution in [-0.2, 0) is 4.79 Å². The molecular weight excluding hydrogens is 398 g/mol. The molecule has 1 aromatic heterocycles. The summed E-state index contributed by atoms with van der Waals surface area (Å²) in [6.45, 7) is 2.46. The number of hydrogen-bond donors (Lipinski definition) is 1. The Labute approximate surface area is 188 Å². The Hall–Kier alpha value is -3.99. The summed E-state index contributed by atoms with van der Waals surface area (Å²) in [6.07, 6.45) is 0.361. The lowest BCUT2D eigenvalue weighted by atomic mass is 9.88. The number of rotatable bonds is 8. The minimum Gasteiger partial charge on any atom is -0.477 e. The van der Waals surface area contributed by atoms with Gasteiger partial charge in [-0.1, -0.05) is 72.8 Å². The molecule has 0 radical (unpaired) electrons. The maximum Gasteiger partial charge on any atom is 0.233 e. The molecule has 0 aliphatic heterocycles. The number of carbonyl (C=O) groups excluding carboxylic acids is 1. The van der Waals surface area contributed by atoms with E-state index in [0.717, 1.165) is 28.1 Å². The fraction of sp³-hybridized carbons (Fsp3) is 0.148. The zero-order chi connectivity index (χ0) is 22.2. The minimum atomic E-state index is -0.0312. The van der Waals surface area contributed by atoms with E-state index in [9.17, 15) is 4.79 Å². The van der Waals surface area contributed by atoms with Crippen molar-refractivity contribution in [3.05, 3.63) is 108 Å². The van der Waals surface area contributed by atoms with Crippen molar-refractivity contribution in [2.45, 2.75) is 19.3 Å². The molecule has 1 N–H and O–H groups in total. The third kappa shape index (κ3) is 5.38. The number of nitrogens with zero attached hydrogens (tertiary/aromatic N) is 2. The lowest BCUT2D eigenvalue weighted by Crippen LogP contribution is -2.16. The second-order valence-corrected chi connectivity index (χ2v) is 7.39. The summed E-state index contributed by atoms with van der Waals surface area (Å²) in [7, 11) is 0. The second kappa shape index (κ2) is 10.4. The van der Waals surface area contributed by atoms with E-state index in [-0.39, 0.29) is 11.8 Å². The first-order chi connectivity index (χ1) is 15.7. The highest BCUT2D eigenvalue weighted by molar-refractivity contribution is 5.91. The van der Waals surface area contributed by atoms with Gasteiger partial charge < -0.3 is 10.1 Å². The summed E-state index contributed by atoms with van der Waals surface area (Å²) >= 11 is 0. The molecule has 160 valence electrons. The van der Waals surface area contributed by atoms with Gasteiger partial charge in [-0.2, -0.15) is 0 Å². The first-order valence-electron chi connectivity index (χ1n) is 10.7. The molecule has 1 heterocycles. The first kappa shape index (κ1) is 21.2. The van der Waals surface area contributed by atoms with E-state index >= 15 is 0 Å². The van der Waals surface area contributed by atoms with Crippen molar-refractivity contribution in [3.63, 3.8) is 0 Å². The molecule has 5 heteroatoms. The van der Waals surface area contributed by atoms with Crippen LogP contribution < -0.4 is 10.1 Å².